The van der Waals surface area contributed by atoms with Crippen molar-refractivity contribution in [2.75, 3.05) is 5.32 Å². The average Bonchev–Trinajstić information content (AvgIpc) is 3.39. The van der Waals surface area contributed by atoms with Gasteiger partial charge in [0.15, 0.2) is 0 Å². The number of nitriles is 1. The van der Waals surface area contributed by atoms with Crippen molar-refractivity contribution < 1.29 is 9.18 Å². The van der Waals surface area contributed by atoms with E-state index in [0.717, 1.165) is 24.2 Å². The van der Waals surface area contributed by atoms with Crippen LogP contribution in [0.4, 0.5) is 10.1 Å². The molecule has 1 aliphatic rings. The van der Waals surface area contributed by atoms with Gasteiger partial charge in [-0.1, -0.05) is 6.07 Å². The number of nitrogens with zero attached hydrogens (tertiary/aromatic N) is 2. The van der Waals surface area contributed by atoms with Crippen molar-refractivity contribution in [1.82, 2.24) is 15.3 Å². The normalized spacial score (nSPS) is 12.5. The van der Waals surface area contributed by atoms with E-state index < -0.39 is 11.7 Å². The molecule has 1 amide bonds. The van der Waals surface area contributed by atoms with Crippen molar-refractivity contribution in [3.63, 3.8) is 0 Å². The van der Waals surface area contributed by atoms with Gasteiger partial charge in [-0.3, -0.25) is 4.79 Å². The third-order valence-electron chi connectivity index (χ3n) is 5.18. The van der Waals surface area contributed by atoms with Gasteiger partial charge >= 0.3 is 0 Å². The number of nitrogens with one attached hydrogen (secondary N) is 3. The maximum Gasteiger partial charge on any atom is 0.258 e. The largest absolute Gasteiger partial charge is 0.338 e. The molecule has 7 heteroatoms. The Morgan fingerprint density at radius 1 is 1.07 bits per heavy atom. The highest BCUT2D eigenvalue weighted by atomic mass is 19.1. The summed E-state index contributed by atoms with van der Waals surface area (Å²) in [6, 6.07) is 17.2. The minimum absolute atomic E-state index is 0.153. The molecule has 0 radical (unpaired) electrons. The van der Waals surface area contributed by atoms with E-state index in [2.05, 4.69) is 26.7 Å². The third-order valence-corrected chi connectivity index (χ3v) is 5.18. The van der Waals surface area contributed by atoms with Crippen LogP contribution >= 0.6 is 0 Å². The number of hydrogen-bond donors (Lipinski definition) is 3. The first kappa shape index (κ1) is 18.0. The quantitative estimate of drug-likeness (QED) is 0.485. The first-order chi connectivity index (χ1) is 14.6. The Bertz CT molecular complexity index is 1330. The van der Waals surface area contributed by atoms with E-state index in [9.17, 15) is 9.18 Å². The molecule has 0 spiro atoms. The molecule has 0 bridgehead atoms. The molecule has 30 heavy (non-hydrogen) atoms. The minimum Gasteiger partial charge on any atom is -0.338 e. The molecule has 0 saturated carbocycles. The Morgan fingerprint density at radius 2 is 1.87 bits per heavy atom. The molecule has 0 aliphatic carbocycles. The molecule has 1 aromatic heterocycles. The fourth-order valence-electron chi connectivity index (χ4n) is 3.67. The zero-order valence-corrected chi connectivity index (χ0v) is 15.8. The summed E-state index contributed by atoms with van der Waals surface area (Å²) in [5.74, 6) is -0.457. The number of anilines is 1. The lowest BCUT2D eigenvalue weighted by Crippen LogP contribution is -2.13. The Kier molecular flexibility index (Phi) is 4.27. The highest BCUT2D eigenvalue weighted by Gasteiger charge is 2.18. The molecule has 0 saturated heterocycles. The fraction of sp³-hybridized carbons (Fsp3) is 0.0870. The number of benzene rings is 3. The van der Waals surface area contributed by atoms with E-state index in [-0.39, 0.29) is 5.56 Å². The summed E-state index contributed by atoms with van der Waals surface area (Å²) >= 11 is 0. The fourth-order valence-corrected chi connectivity index (χ4v) is 3.67. The second-order valence-electron chi connectivity index (χ2n) is 7.17. The van der Waals surface area contributed by atoms with Crippen molar-refractivity contribution in [1.29, 1.82) is 5.26 Å². The first-order valence-electron chi connectivity index (χ1n) is 9.44. The van der Waals surface area contributed by atoms with Crippen LogP contribution in [0.5, 0.6) is 0 Å². The molecule has 3 N–H and O–H groups in total. The number of fused-ring (bicyclic) bond motifs is 2. The molecule has 1 aliphatic heterocycles. The summed E-state index contributed by atoms with van der Waals surface area (Å²) < 4.78 is 14.2. The van der Waals surface area contributed by atoms with Gasteiger partial charge in [-0.25, -0.2) is 9.37 Å². The number of aromatic nitrogens is 2. The van der Waals surface area contributed by atoms with Gasteiger partial charge in [0.25, 0.3) is 5.91 Å². The molecule has 0 atom stereocenters. The highest BCUT2D eigenvalue weighted by molar-refractivity contribution is 6.11. The van der Waals surface area contributed by atoms with Gasteiger partial charge in [-0.05, 0) is 59.7 Å². The lowest BCUT2D eigenvalue weighted by atomic mass is 10.1. The van der Waals surface area contributed by atoms with Crippen LogP contribution < -0.4 is 10.6 Å². The average molecular weight is 397 g/mol. The lowest BCUT2D eigenvalue weighted by Gasteiger charge is -2.08. The van der Waals surface area contributed by atoms with E-state index in [4.69, 9.17) is 5.26 Å². The van der Waals surface area contributed by atoms with Crippen molar-refractivity contribution in [3.05, 3.63) is 82.7 Å². The van der Waals surface area contributed by atoms with E-state index in [0.29, 0.717) is 28.1 Å². The SMILES string of the molecule is N#Cc1ccc(-c2nc3c(C(=O)Nc4ccc5c(c4)CNC5)cc(F)cc3[nH]2)cc1. The molecule has 6 nitrogen and oxygen atoms in total. The number of imidazole rings is 1. The maximum atomic E-state index is 14.2. The Hall–Kier alpha value is -4.02. The molecule has 5 rings (SSSR count). The van der Waals surface area contributed by atoms with Gasteiger partial charge in [-0.15, -0.1) is 0 Å². The number of halogens is 1. The zero-order valence-electron chi connectivity index (χ0n) is 15.8. The van der Waals surface area contributed by atoms with Crippen LogP contribution in [-0.2, 0) is 13.1 Å². The van der Waals surface area contributed by atoms with Crippen LogP contribution in [0.25, 0.3) is 22.4 Å². The molecule has 0 unspecified atom stereocenters. The van der Waals surface area contributed by atoms with Gasteiger partial charge in [0.05, 0.1) is 22.7 Å². The van der Waals surface area contributed by atoms with Crippen molar-refractivity contribution in [3.8, 4) is 17.5 Å². The molecule has 0 fully saturated rings. The van der Waals surface area contributed by atoms with Crippen LogP contribution in [0.1, 0.15) is 27.0 Å². The summed E-state index contributed by atoms with van der Waals surface area (Å²) in [4.78, 5) is 20.5. The molecule has 4 aromatic rings. The van der Waals surface area contributed by atoms with Crippen LogP contribution in [0.15, 0.2) is 54.6 Å². The number of amides is 1. The Labute approximate surface area is 171 Å². The topological polar surface area (TPSA) is 93.6 Å². The number of carbonyl (C=O) groups is 1. The summed E-state index contributed by atoms with van der Waals surface area (Å²) in [6.07, 6.45) is 0. The second kappa shape index (κ2) is 7.10. The minimum atomic E-state index is -0.527. The highest BCUT2D eigenvalue weighted by Crippen LogP contribution is 2.26. The Balaban J connectivity index is 1.51. The number of carbonyl (C=O) groups excluding carboxylic acids is 1. The lowest BCUT2D eigenvalue weighted by molar-refractivity contribution is 0.102. The monoisotopic (exact) mass is 397 g/mol. The molecular formula is C23H16FN5O. The Morgan fingerprint density at radius 3 is 2.67 bits per heavy atom. The van der Waals surface area contributed by atoms with Crippen LogP contribution in [0.3, 0.4) is 0 Å². The van der Waals surface area contributed by atoms with E-state index in [1.165, 1.54) is 17.7 Å². The van der Waals surface area contributed by atoms with E-state index >= 15 is 0 Å². The maximum absolute atomic E-state index is 14.2. The van der Waals surface area contributed by atoms with Crippen LogP contribution in [0.2, 0.25) is 0 Å². The van der Waals surface area contributed by atoms with E-state index in [1.807, 2.05) is 18.2 Å². The number of hydrogen-bond acceptors (Lipinski definition) is 4. The molecule has 3 aromatic carbocycles. The summed E-state index contributed by atoms with van der Waals surface area (Å²) in [6.45, 7) is 1.58. The van der Waals surface area contributed by atoms with Gasteiger partial charge in [0.2, 0.25) is 0 Å². The summed E-state index contributed by atoms with van der Waals surface area (Å²) in [7, 11) is 0. The molecule has 2 heterocycles. The smallest absolute Gasteiger partial charge is 0.258 e. The molecule has 146 valence electrons. The third kappa shape index (κ3) is 3.19. The summed E-state index contributed by atoms with van der Waals surface area (Å²) in [5, 5.41) is 15.1. The number of aromatic amines is 1. The van der Waals surface area contributed by atoms with Gasteiger partial charge in [0.1, 0.15) is 17.2 Å². The standard InChI is InChI=1S/C23H16FN5O/c24-17-8-19(23(30)27-18-6-5-15-11-26-12-16(15)7-18)21-20(9-17)28-22(29-21)14-3-1-13(10-25)2-4-14/h1-9,26H,11-12H2,(H,27,30)(H,28,29). The van der Waals surface area contributed by atoms with Gasteiger partial charge < -0.3 is 15.6 Å². The van der Waals surface area contributed by atoms with Crippen molar-refractivity contribution in [2.24, 2.45) is 0 Å². The summed E-state index contributed by atoms with van der Waals surface area (Å²) in [5.41, 5.74) is 5.24. The van der Waals surface area contributed by atoms with Crippen LogP contribution in [-0.4, -0.2) is 15.9 Å². The van der Waals surface area contributed by atoms with Gasteiger partial charge in [-0.2, -0.15) is 5.26 Å². The van der Waals surface area contributed by atoms with E-state index in [1.54, 1.807) is 24.3 Å². The predicted molar refractivity (Wildman–Crippen MR) is 111 cm³/mol. The van der Waals surface area contributed by atoms with Crippen molar-refractivity contribution in [2.45, 2.75) is 13.1 Å². The number of rotatable bonds is 3. The zero-order chi connectivity index (χ0) is 20.7. The first-order valence-corrected chi connectivity index (χ1v) is 9.44. The van der Waals surface area contributed by atoms with Crippen molar-refractivity contribution >= 4 is 22.6 Å². The number of H-pyrrole nitrogens is 1. The van der Waals surface area contributed by atoms with Gasteiger partial charge in [0, 0.05) is 24.3 Å². The predicted octanol–water partition coefficient (Wildman–Crippen LogP) is 4.10. The molecular weight excluding hydrogens is 381 g/mol. The van der Waals surface area contributed by atoms with Crippen LogP contribution in [0, 0.1) is 17.1 Å². The second-order valence-corrected chi connectivity index (χ2v) is 7.17.